The molecule has 5 heteroatoms. The summed E-state index contributed by atoms with van der Waals surface area (Å²) in [6.07, 6.45) is 2.26. The molecule has 1 aromatic rings. The maximum atomic E-state index is 12.3. The van der Waals surface area contributed by atoms with Crippen LogP contribution in [-0.2, 0) is 9.53 Å². The summed E-state index contributed by atoms with van der Waals surface area (Å²) in [7, 11) is 1.64. The summed E-state index contributed by atoms with van der Waals surface area (Å²) in [5, 5.41) is 15.0. The molecule has 0 aliphatic heterocycles. The number of hydrogen-bond donors (Lipinski definition) is 2. The normalized spacial score (nSPS) is 11.2. The number of amides is 1. The third kappa shape index (κ3) is 5.76. The highest BCUT2D eigenvalue weighted by Crippen LogP contribution is 2.27. The van der Waals surface area contributed by atoms with Crippen molar-refractivity contribution >= 4 is 11.6 Å². The molecule has 0 bridgehead atoms. The summed E-state index contributed by atoms with van der Waals surface area (Å²) >= 11 is 0. The number of nitriles is 1. The van der Waals surface area contributed by atoms with Gasteiger partial charge in [0.15, 0.2) is 0 Å². The number of para-hydroxylation sites is 1. The molecule has 0 atom stereocenters. The molecular formula is C18H25N3O2. The number of anilines is 1. The number of methoxy groups -OCH3 is 1. The molecule has 0 fully saturated rings. The second-order valence-electron chi connectivity index (χ2n) is 5.62. The van der Waals surface area contributed by atoms with Gasteiger partial charge in [-0.25, -0.2) is 0 Å². The van der Waals surface area contributed by atoms with Crippen LogP contribution in [0, 0.1) is 18.3 Å². The Morgan fingerprint density at radius 1 is 1.43 bits per heavy atom. The molecule has 0 saturated carbocycles. The van der Waals surface area contributed by atoms with E-state index in [-0.39, 0.29) is 11.5 Å². The van der Waals surface area contributed by atoms with Crippen molar-refractivity contribution in [3.63, 3.8) is 0 Å². The van der Waals surface area contributed by atoms with Crippen molar-refractivity contribution in [1.82, 2.24) is 5.32 Å². The summed E-state index contributed by atoms with van der Waals surface area (Å²) < 4.78 is 4.95. The maximum absolute atomic E-state index is 12.3. The Labute approximate surface area is 138 Å². The van der Waals surface area contributed by atoms with Crippen LogP contribution in [0.2, 0.25) is 0 Å². The molecule has 0 aliphatic carbocycles. The smallest absolute Gasteiger partial charge is 0.267 e. The van der Waals surface area contributed by atoms with Crippen molar-refractivity contribution in [2.45, 2.75) is 33.1 Å². The first-order chi connectivity index (χ1) is 11.0. The van der Waals surface area contributed by atoms with Gasteiger partial charge in [-0.15, -0.1) is 0 Å². The van der Waals surface area contributed by atoms with E-state index in [9.17, 15) is 10.1 Å². The van der Waals surface area contributed by atoms with E-state index in [4.69, 9.17) is 4.74 Å². The standard InChI is InChI=1S/C18H25N3O2/c1-13(2)16-8-5-7-14(3)17(16)21-18(22)15(11-19)12-20-9-6-10-23-4/h5,7-8,12-13,20H,6,9-10H2,1-4H3,(H,21,22)/b15-12-. The number of ether oxygens (including phenoxy) is 1. The van der Waals surface area contributed by atoms with E-state index >= 15 is 0 Å². The first kappa shape index (κ1) is 18.7. The number of carbonyl (C=O) groups is 1. The highest BCUT2D eigenvalue weighted by atomic mass is 16.5. The van der Waals surface area contributed by atoms with Gasteiger partial charge in [-0.1, -0.05) is 32.0 Å². The Hall–Kier alpha value is -2.32. The van der Waals surface area contributed by atoms with Gasteiger partial charge in [0.2, 0.25) is 0 Å². The van der Waals surface area contributed by atoms with Gasteiger partial charge < -0.3 is 15.4 Å². The Kier molecular flexibility index (Phi) is 7.86. The average molecular weight is 315 g/mol. The molecule has 0 radical (unpaired) electrons. The van der Waals surface area contributed by atoms with Crippen LogP contribution >= 0.6 is 0 Å². The summed E-state index contributed by atoms with van der Waals surface area (Å²) in [6.45, 7) is 7.37. The van der Waals surface area contributed by atoms with Gasteiger partial charge in [0.25, 0.3) is 5.91 Å². The minimum atomic E-state index is -0.400. The predicted molar refractivity (Wildman–Crippen MR) is 92.1 cm³/mol. The summed E-state index contributed by atoms with van der Waals surface area (Å²) in [5.74, 6) is -0.116. The minimum Gasteiger partial charge on any atom is -0.390 e. The van der Waals surface area contributed by atoms with Crippen molar-refractivity contribution in [2.75, 3.05) is 25.6 Å². The fourth-order valence-corrected chi connectivity index (χ4v) is 2.16. The first-order valence-electron chi connectivity index (χ1n) is 7.74. The lowest BCUT2D eigenvalue weighted by atomic mass is 9.98. The van der Waals surface area contributed by atoms with Gasteiger partial charge in [-0.2, -0.15) is 5.26 Å². The van der Waals surface area contributed by atoms with Gasteiger partial charge in [-0.3, -0.25) is 4.79 Å². The fourth-order valence-electron chi connectivity index (χ4n) is 2.16. The Morgan fingerprint density at radius 3 is 2.78 bits per heavy atom. The molecule has 2 N–H and O–H groups in total. The number of aryl methyl sites for hydroxylation is 1. The largest absolute Gasteiger partial charge is 0.390 e. The molecule has 0 heterocycles. The SMILES string of the molecule is COCCCN/C=C(/C#N)C(=O)Nc1c(C)cccc1C(C)C. The lowest BCUT2D eigenvalue weighted by Crippen LogP contribution is -2.19. The zero-order valence-corrected chi connectivity index (χ0v) is 14.3. The quantitative estimate of drug-likeness (QED) is 0.439. The van der Waals surface area contributed by atoms with Crippen molar-refractivity contribution < 1.29 is 9.53 Å². The van der Waals surface area contributed by atoms with Gasteiger partial charge in [-0.05, 0) is 30.4 Å². The second kappa shape index (κ2) is 9.65. The lowest BCUT2D eigenvalue weighted by Gasteiger charge is -2.16. The molecule has 23 heavy (non-hydrogen) atoms. The fraction of sp³-hybridized carbons (Fsp3) is 0.444. The molecule has 0 aliphatic rings. The topological polar surface area (TPSA) is 74.1 Å². The van der Waals surface area contributed by atoms with E-state index in [1.807, 2.05) is 31.2 Å². The molecule has 0 spiro atoms. The van der Waals surface area contributed by atoms with Crippen molar-refractivity contribution in [3.8, 4) is 6.07 Å². The third-order valence-corrected chi connectivity index (χ3v) is 3.45. The number of rotatable bonds is 8. The number of nitrogens with one attached hydrogen (secondary N) is 2. The number of hydrogen-bond acceptors (Lipinski definition) is 4. The van der Waals surface area contributed by atoms with Crippen LogP contribution in [0.4, 0.5) is 5.69 Å². The Bertz CT molecular complexity index is 601. The number of benzene rings is 1. The Morgan fingerprint density at radius 2 is 2.17 bits per heavy atom. The van der Waals surface area contributed by atoms with Gasteiger partial charge in [0.1, 0.15) is 11.6 Å². The van der Waals surface area contributed by atoms with Crippen molar-refractivity contribution in [3.05, 3.63) is 41.1 Å². The third-order valence-electron chi connectivity index (χ3n) is 3.45. The van der Waals surface area contributed by atoms with Crippen LogP contribution in [0.5, 0.6) is 0 Å². The van der Waals surface area contributed by atoms with E-state index in [2.05, 4.69) is 24.5 Å². The molecule has 0 saturated heterocycles. The van der Waals surface area contributed by atoms with Crippen LogP contribution in [0.15, 0.2) is 30.0 Å². The molecule has 1 rings (SSSR count). The molecule has 0 aromatic heterocycles. The van der Waals surface area contributed by atoms with Crippen LogP contribution in [0.1, 0.15) is 37.3 Å². The molecule has 124 valence electrons. The zero-order valence-electron chi connectivity index (χ0n) is 14.3. The van der Waals surface area contributed by atoms with Gasteiger partial charge >= 0.3 is 0 Å². The van der Waals surface area contributed by atoms with Crippen LogP contribution < -0.4 is 10.6 Å². The highest BCUT2D eigenvalue weighted by molar-refractivity contribution is 6.07. The summed E-state index contributed by atoms with van der Waals surface area (Å²) in [5.41, 5.74) is 2.88. The highest BCUT2D eigenvalue weighted by Gasteiger charge is 2.14. The van der Waals surface area contributed by atoms with Crippen LogP contribution in [-0.4, -0.2) is 26.2 Å². The predicted octanol–water partition coefficient (Wildman–Crippen LogP) is 3.09. The minimum absolute atomic E-state index is 0.0559. The van der Waals surface area contributed by atoms with Gasteiger partial charge in [0, 0.05) is 32.1 Å². The van der Waals surface area contributed by atoms with Gasteiger partial charge in [0.05, 0.1) is 0 Å². The van der Waals surface area contributed by atoms with E-state index in [1.54, 1.807) is 7.11 Å². The molecule has 1 amide bonds. The molecule has 0 unspecified atom stereocenters. The van der Waals surface area contributed by atoms with Crippen LogP contribution in [0.3, 0.4) is 0 Å². The maximum Gasteiger partial charge on any atom is 0.267 e. The van der Waals surface area contributed by atoms with Crippen molar-refractivity contribution in [1.29, 1.82) is 5.26 Å². The molecule has 5 nitrogen and oxygen atoms in total. The lowest BCUT2D eigenvalue weighted by molar-refractivity contribution is -0.112. The first-order valence-corrected chi connectivity index (χ1v) is 7.74. The Balaban J connectivity index is 2.81. The average Bonchev–Trinajstić information content (AvgIpc) is 2.52. The zero-order chi connectivity index (χ0) is 17.2. The number of nitrogens with zero attached hydrogens (tertiary/aromatic N) is 1. The van der Waals surface area contributed by atoms with E-state index < -0.39 is 5.91 Å². The summed E-state index contributed by atoms with van der Waals surface area (Å²) in [4.78, 5) is 12.3. The van der Waals surface area contributed by atoms with Crippen molar-refractivity contribution in [2.24, 2.45) is 0 Å². The molecular weight excluding hydrogens is 290 g/mol. The van der Waals surface area contributed by atoms with E-state index in [0.717, 1.165) is 23.2 Å². The number of carbonyl (C=O) groups excluding carboxylic acids is 1. The monoisotopic (exact) mass is 315 g/mol. The van der Waals surface area contributed by atoms with E-state index in [1.165, 1.54) is 6.20 Å². The summed E-state index contributed by atoms with van der Waals surface area (Å²) in [6, 6.07) is 7.84. The van der Waals surface area contributed by atoms with Crippen LogP contribution in [0.25, 0.3) is 0 Å². The second-order valence-corrected chi connectivity index (χ2v) is 5.62. The molecule has 1 aromatic carbocycles. The van der Waals surface area contributed by atoms with E-state index in [0.29, 0.717) is 13.2 Å².